The van der Waals surface area contributed by atoms with Crippen molar-refractivity contribution in [2.75, 3.05) is 18.5 Å². The summed E-state index contributed by atoms with van der Waals surface area (Å²) in [6.07, 6.45) is 2.74. The molecule has 1 N–H and O–H groups in total. The molecule has 4 heteroatoms. The fourth-order valence-electron chi connectivity index (χ4n) is 1.13. The van der Waals surface area contributed by atoms with Gasteiger partial charge >= 0.3 is 0 Å². The third-order valence-electron chi connectivity index (χ3n) is 1.75. The van der Waals surface area contributed by atoms with Gasteiger partial charge in [0, 0.05) is 18.3 Å². The maximum Gasteiger partial charge on any atom is 0.226 e. The first-order chi connectivity index (χ1) is 7.26. The van der Waals surface area contributed by atoms with Gasteiger partial charge in [0.2, 0.25) is 11.8 Å². The second-order valence-electron chi connectivity index (χ2n) is 3.11. The lowest BCUT2D eigenvalue weighted by Crippen LogP contribution is -2.06. The number of hydrogen-bond acceptors (Lipinski definition) is 4. The highest BCUT2D eigenvalue weighted by molar-refractivity contribution is 5.30. The van der Waals surface area contributed by atoms with Crippen LogP contribution in [0.5, 0.6) is 5.88 Å². The Hall–Kier alpha value is -1.58. The number of ether oxygens (including phenoxy) is 1. The van der Waals surface area contributed by atoms with E-state index < -0.39 is 0 Å². The van der Waals surface area contributed by atoms with E-state index in [2.05, 4.69) is 21.9 Å². The highest BCUT2D eigenvalue weighted by Gasteiger charge is 2.01. The Labute approximate surface area is 90.4 Å². The van der Waals surface area contributed by atoms with Gasteiger partial charge in [0.25, 0.3) is 0 Å². The summed E-state index contributed by atoms with van der Waals surface area (Å²) in [5.41, 5.74) is 0.898. The van der Waals surface area contributed by atoms with Gasteiger partial charge in [-0.1, -0.05) is 6.08 Å². The van der Waals surface area contributed by atoms with Crippen molar-refractivity contribution >= 4 is 5.95 Å². The summed E-state index contributed by atoms with van der Waals surface area (Å²) in [5, 5.41) is 3.11. The largest absolute Gasteiger partial charge is 0.478 e. The minimum absolute atomic E-state index is 0.611. The molecular formula is C11H17N3O. The van der Waals surface area contributed by atoms with E-state index in [0.29, 0.717) is 18.4 Å². The van der Waals surface area contributed by atoms with Crippen LogP contribution >= 0.6 is 0 Å². The Bertz CT molecular complexity index is 326. The minimum Gasteiger partial charge on any atom is -0.478 e. The van der Waals surface area contributed by atoms with E-state index in [1.54, 1.807) is 0 Å². The fraction of sp³-hybridized carbons (Fsp3) is 0.455. The number of nitrogens with zero attached hydrogens (tertiary/aromatic N) is 2. The van der Waals surface area contributed by atoms with Crippen molar-refractivity contribution in [1.82, 2.24) is 9.97 Å². The van der Waals surface area contributed by atoms with Crippen LogP contribution in [0.15, 0.2) is 18.7 Å². The number of anilines is 1. The molecule has 0 spiro atoms. The molecule has 15 heavy (non-hydrogen) atoms. The lowest BCUT2D eigenvalue weighted by Gasteiger charge is -2.07. The quantitative estimate of drug-likeness (QED) is 0.573. The van der Waals surface area contributed by atoms with Gasteiger partial charge in [0.15, 0.2) is 0 Å². The number of rotatable bonds is 6. The van der Waals surface area contributed by atoms with Gasteiger partial charge < -0.3 is 10.1 Å². The third kappa shape index (κ3) is 3.97. The van der Waals surface area contributed by atoms with Crippen LogP contribution in [-0.2, 0) is 0 Å². The molecule has 4 nitrogen and oxygen atoms in total. The van der Waals surface area contributed by atoms with Gasteiger partial charge in [-0.05, 0) is 20.3 Å². The zero-order valence-electron chi connectivity index (χ0n) is 9.29. The van der Waals surface area contributed by atoms with Crippen LogP contribution in [0.2, 0.25) is 0 Å². The summed E-state index contributed by atoms with van der Waals surface area (Å²) in [6.45, 7) is 8.91. The van der Waals surface area contributed by atoms with E-state index in [4.69, 9.17) is 4.74 Å². The van der Waals surface area contributed by atoms with Gasteiger partial charge in [-0.2, -0.15) is 4.98 Å². The standard InChI is InChI=1S/C11H17N3O/c1-4-6-7-12-11-13-9(3)8-10(14-11)15-5-2/h4,8H,1,5-7H2,2-3H3,(H,12,13,14). The molecule has 0 aliphatic rings. The van der Waals surface area contributed by atoms with Crippen LogP contribution in [0.1, 0.15) is 19.0 Å². The van der Waals surface area contributed by atoms with Crippen LogP contribution in [0.3, 0.4) is 0 Å². The van der Waals surface area contributed by atoms with Crippen molar-refractivity contribution in [3.63, 3.8) is 0 Å². The van der Waals surface area contributed by atoms with Crippen LogP contribution in [0, 0.1) is 6.92 Å². The van der Waals surface area contributed by atoms with Crippen molar-refractivity contribution < 1.29 is 4.74 Å². The normalized spacial score (nSPS) is 9.73. The predicted molar refractivity (Wildman–Crippen MR) is 61.2 cm³/mol. The second kappa shape index (κ2) is 6.01. The molecule has 1 rings (SSSR count). The predicted octanol–water partition coefficient (Wildman–Crippen LogP) is 2.17. The van der Waals surface area contributed by atoms with Crippen LogP contribution < -0.4 is 10.1 Å². The van der Waals surface area contributed by atoms with E-state index >= 15 is 0 Å². The molecule has 0 aromatic carbocycles. The zero-order valence-corrected chi connectivity index (χ0v) is 9.29. The molecule has 0 saturated carbocycles. The average Bonchev–Trinajstić information content (AvgIpc) is 2.18. The van der Waals surface area contributed by atoms with Gasteiger partial charge in [-0.3, -0.25) is 0 Å². The molecule has 1 aromatic rings. The average molecular weight is 207 g/mol. The first-order valence-corrected chi connectivity index (χ1v) is 5.09. The second-order valence-corrected chi connectivity index (χ2v) is 3.11. The molecule has 0 aliphatic carbocycles. The van der Waals surface area contributed by atoms with Crippen LogP contribution in [-0.4, -0.2) is 23.1 Å². The summed E-state index contributed by atoms with van der Waals surface area (Å²) >= 11 is 0. The topological polar surface area (TPSA) is 47.0 Å². The van der Waals surface area contributed by atoms with Gasteiger partial charge in [-0.25, -0.2) is 4.98 Å². The first kappa shape index (κ1) is 11.5. The van der Waals surface area contributed by atoms with E-state index in [0.717, 1.165) is 18.7 Å². The third-order valence-corrected chi connectivity index (χ3v) is 1.75. The molecule has 0 saturated heterocycles. The van der Waals surface area contributed by atoms with E-state index in [1.807, 2.05) is 26.0 Å². The van der Waals surface area contributed by atoms with Gasteiger partial charge in [0.05, 0.1) is 6.61 Å². The number of hydrogen-bond donors (Lipinski definition) is 1. The number of aryl methyl sites for hydroxylation is 1. The Kier molecular flexibility index (Phi) is 4.60. The minimum atomic E-state index is 0.611. The lowest BCUT2D eigenvalue weighted by atomic mass is 10.4. The molecule has 0 atom stereocenters. The highest BCUT2D eigenvalue weighted by atomic mass is 16.5. The first-order valence-electron chi connectivity index (χ1n) is 5.09. The number of nitrogens with one attached hydrogen (secondary N) is 1. The molecule has 0 aliphatic heterocycles. The summed E-state index contributed by atoms with van der Waals surface area (Å²) in [4.78, 5) is 8.47. The molecule has 0 unspecified atom stereocenters. The monoisotopic (exact) mass is 207 g/mol. The van der Waals surface area contributed by atoms with Crippen LogP contribution in [0.25, 0.3) is 0 Å². The van der Waals surface area contributed by atoms with Crippen LogP contribution in [0.4, 0.5) is 5.95 Å². The molecular weight excluding hydrogens is 190 g/mol. The molecule has 0 radical (unpaired) electrons. The molecule has 1 heterocycles. The maximum atomic E-state index is 5.32. The van der Waals surface area contributed by atoms with E-state index in [1.165, 1.54) is 0 Å². The zero-order chi connectivity index (χ0) is 11.1. The Morgan fingerprint density at radius 3 is 3.00 bits per heavy atom. The van der Waals surface area contributed by atoms with Crippen molar-refractivity contribution in [2.45, 2.75) is 20.3 Å². The molecule has 0 amide bonds. The summed E-state index contributed by atoms with van der Waals surface area (Å²) in [7, 11) is 0. The van der Waals surface area contributed by atoms with Crippen molar-refractivity contribution in [3.05, 3.63) is 24.4 Å². The highest BCUT2D eigenvalue weighted by Crippen LogP contribution is 2.11. The fourth-order valence-corrected chi connectivity index (χ4v) is 1.13. The Morgan fingerprint density at radius 2 is 2.33 bits per heavy atom. The molecule has 0 fully saturated rings. The van der Waals surface area contributed by atoms with Gasteiger partial charge in [0.1, 0.15) is 0 Å². The van der Waals surface area contributed by atoms with Crippen molar-refractivity contribution in [1.29, 1.82) is 0 Å². The molecule has 82 valence electrons. The van der Waals surface area contributed by atoms with Crippen molar-refractivity contribution in [2.24, 2.45) is 0 Å². The van der Waals surface area contributed by atoms with E-state index in [-0.39, 0.29) is 0 Å². The van der Waals surface area contributed by atoms with E-state index in [9.17, 15) is 0 Å². The van der Waals surface area contributed by atoms with Gasteiger partial charge in [-0.15, -0.1) is 6.58 Å². The maximum absolute atomic E-state index is 5.32. The SMILES string of the molecule is C=CCCNc1nc(C)cc(OCC)n1. The Morgan fingerprint density at radius 1 is 1.53 bits per heavy atom. The molecule has 0 bridgehead atoms. The van der Waals surface area contributed by atoms with Crippen molar-refractivity contribution in [3.8, 4) is 5.88 Å². The molecule has 1 aromatic heterocycles. The number of aromatic nitrogens is 2. The Balaban J connectivity index is 2.65. The summed E-state index contributed by atoms with van der Waals surface area (Å²) in [6, 6.07) is 1.82. The lowest BCUT2D eigenvalue weighted by molar-refractivity contribution is 0.326. The summed E-state index contributed by atoms with van der Waals surface area (Å²) in [5.74, 6) is 1.23. The smallest absolute Gasteiger partial charge is 0.226 e. The summed E-state index contributed by atoms with van der Waals surface area (Å²) < 4.78 is 5.32.